The van der Waals surface area contributed by atoms with Crippen molar-refractivity contribution in [3.8, 4) is 0 Å². The molecular formula is C12H18O10. The minimum Gasteiger partial charge on any atom is -0.423 e. The average molecular weight is 322 g/mol. The Hall–Kier alpha value is -1.30. The number of rotatable bonds is 0. The lowest BCUT2D eigenvalue weighted by molar-refractivity contribution is -0.443. The van der Waals surface area contributed by atoms with Crippen molar-refractivity contribution < 1.29 is 49.7 Å². The van der Waals surface area contributed by atoms with Crippen LogP contribution in [0.2, 0.25) is 0 Å². The van der Waals surface area contributed by atoms with Gasteiger partial charge in [0.15, 0.2) is 12.2 Å². The smallest absolute Gasteiger partial charge is 0.308 e. The van der Waals surface area contributed by atoms with Crippen molar-refractivity contribution in [1.82, 2.24) is 0 Å². The van der Waals surface area contributed by atoms with Gasteiger partial charge in [0.2, 0.25) is 0 Å². The van der Waals surface area contributed by atoms with Crippen molar-refractivity contribution in [3.63, 3.8) is 0 Å². The minimum atomic E-state index is -3.34. The first-order valence-electron chi connectivity index (χ1n) is 6.74. The molecule has 1 heterocycles. The molecule has 0 radical (unpaired) electrons. The van der Waals surface area contributed by atoms with Crippen LogP contribution in [0.1, 0.15) is 25.7 Å². The molecule has 0 bridgehead atoms. The third-order valence-corrected chi connectivity index (χ3v) is 3.86. The largest absolute Gasteiger partial charge is 0.423 e. The van der Waals surface area contributed by atoms with Crippen LogP contribution in [0.4, 0.5) is 0 Å². The number of carbonyl (C=O) groups excluding carboxylic acids is 2. The molecule has 0 unspecified atom stereocenters. The van der Waals surface area contributed by atoms with Crippen molar-refractivity contribution in [2.45, 2.75) is 61.7 Å². The van der Waals surface area contributed by atoms with Gasteiger partial charge >= 0.3 is 23.5 Å². The normalized spacial score (nSPS) is 47.2. The highest BCUT2D eigenvalue weighted by molar-refractivity contribution is 5.72. The number of ether oxygens (including phenoxy) is 2. The van der Waals surface area contributed by atoms with Crippen LogP contribution in [0.15, 0.2) is 0 Å². The molecule has 1 saturated heterocycles. The van der Waals surface area contributed by atoms with Crippen LogP contribution in [-0.4, -0.2) is 78.6 Å². The minimum absolute atomic E-state index is 0.228. The molecule has 10 heteroatoms. The Morgan fingerprint density at radius 2 is 1.09 bits per heavy atom. The van der Waals surface area contributed by atoms with Gasteiger partial charge in [0, 0.05) is 12.8 Å². The summed E-state index contributed by atoms with van der Waals surface area (Å²) < 4.78 is 9.16. The summed E-state index contributed by atoms with van der Waals surface area (Å²) in [6.07, 6.45) is -9.16. The summed E-state index contributed by atoms with van der Waals surface area (Å²) in [5.41, 5.74) is 0. The molecule has 2 fully saturated rings. The van der Waals surface area contributed by atoms with E-state index in [-0.39, 0.29) is 25.7 Å². The molecule has 1 aliphatic heterocycles. The molecule has 22 heavy (non-hydrogen) atoms. The lowest BCUT2D eigenvalue weighted by Gasteiger charge is -2.52. The van der Waals surface area contributed by atoms with Gasteiger partial charge in [-0.2, -0.15) is 0 Å². The molecule has 0 spiro atoms. The molecule has 6 atom stereocenters. The number of carbonyl (C=O) groups is 2. The number of aliphatic hydroxyl groups excluding tert-OH is 4. The summed E-state index contributed by atoms with van der Waals surface area (Å²) >= 11 is 0. The zero-order valence-electron chi connectivity index (χ0n) is 11.5. The fourth-order valence-corrected chi connectivity index (χ4v) is 2.52. The van der Waals surface area contributed by atoms with Gasteiger partial charge in [-0.15, -0.1) is 0 Å². The van der Waals surface area contributed by atoms with E-state index >= 15 is 0 Å². The van der Waals surface area contributed by atoms with Crippen molar-refractivity contribution in [1.29, 1.82) is 0 Å². The van der Waals surface area contributed by atoms with E-state index in [0.717, 1.165) is 0 Å². The molecule has 2 aliphatic rings. The van der Waals surface area contributed by atoms with Gasteiger partial charge < -0.3 is 40.1 Å². The highest BCUT2D eigenvalue weighted by atomic mass is 16.8. The van der Waals surface area contributed by atoms with Crippen LogP contribution in [0, 0.1) is 0 Å². The van der Waals surface area contributed by atoms with E-state index in [1.807, 2.05) is 0 Å². The van der Waals surface area contributed by atoms with E-state index in [9.17, 15) is 40.2 Å². The third kappa shape index (κ3) is 2.47. The van der Waals surface area contributed by atoms with E-state index in [1.54, 1.807) is 0 Å². The standard InChI is InChI=1S/C12H18O10/c13-5-3-1-2-4-6(14)22-12(20)10(18)8(16)7(15)9(17)11(12,19)21-5/h7-10,15-20H,1-4H2/t7-,8-,9-,10+,11-,12+/m1/s1. The molecule has 0 aromatic rings. The van der Waals surface area contributed by atoms with Gasteiger partial charge in [0.25, 0.3) is 0 Å². The van der Waals surface area contributed by atoms with Gasteiger partial charge in [0.05, 0.1) is 0 Å². The molecule has 2 rings (SSSR count). The summed E-state index contributed by atoms with van der Waals surface area (Å²) in [5, 5.41) is 59.6. The van der Waals surface area contributed by atoms with Crippen molar-refractivity contribution >= 4 is 11.9 Å². The average Bonchev–Trinajstić information content (AvgIpc) is 2.46. The Bertz CT molecular complexity index is 425. The number of hydrogen-bond donors (Lipinski definition) is 6. The van der Waals surface area contributed by atoms with E-state index < -0.39 is 47.9 Å². The third-order valence-electron chi connectivity index (χ3n) is 3.86. The molecule has 0 amide bonds. The van der Waals surface area contributed by atoms with Gasteiger partial charge in [-0.3, -0.25) is 9.59 Å². The van der Waals surface area contributed by atoms with Gasteiger partial charge in [-0.25, -0.2) is 0 Å². The highest BCUT2D eigenvalue weighted by Gasteiger charge is 2.72. The zero-order chi connectivity index (χ0) is 16.7. The van der Waals surface area contributed by atoms with Crippen molar-refractivity contribution in [2.24, 2.45) is 0 Å². The Morgan fingerprint density at radius 1 is 0.773 bits per heavy atom. The molecule has 1 aliphatic carbocycles. The maximum atomic E-state index is 11.7. The number of fused-ring (bicyclic) bond motifs is 1. The molecule has 126 valence electrons. The Kier molecular flexibility index (Phi) is 4.44. The molecular weight excluding hydrogens is 304 g/mol. The van der Waals surface area contributed by atoms with Crippen LogP contribution in [0.25, 0.3) is 0 Å². The van der Waals surface area contributed by atoms with Crippen LogP contribution < -0.4 is 0 Å². The lowest BCUT2D eigenvalue weighted by atomic mass is 9.78. The van der Waals surface area contributed by atoms with E-state index in [0.29, 0.717) is 0 Å². The summed E-state index contributed by atoms with van der Waals surface area (Å²) in [4.78, 5) is 23.3. The maximum absolute atomic E-state index is 11.7. The van der Waals surface area contributed by atoms with Crippen molar-refractivity contribution in [3.05, 3.63) is 0 Å². The topological polar surface area (TPSA) is 174 Å². The molecule has 6 N–H and O–H groups in total. The fourth-order valence-electron chi connectivity index (χ4n) is 2.52. The first-order valence-corrected chi connectivity index (χ1v) is 6.74. The summed E-state index contributed by atoms with van der Waals surface area (Å²) in [6, 6.07) is 0. The molecule has 0 aromatic heterocycles. The summed E-state index contributed by atoms with van der Waals surface area (Å²) in [7, 11) is 0. The lowest BCUT2D eigenvalue weighted by Crippen LogP contribution is -2.79. The van der Waals surface area contributed by atoms with Gasteiger partial charge in [0.1, 0.15) is 12.2 Å². The van der Waals surface area contributed by atoms with E-state index in [4.69, 9.17) is 0 Å². The van der Waals surface area contributed by atoms with Crippen molar-refractivity contribution in [2.75, 3.05) is 0 Å². The van der Waals surface area contributed by atoms with E-state index in [2.05, 4.69) is 9.47 Å². The summed E-state index contributed by atoms with van der Waals surface area (Å²) in [5.74, 6) is -8.77. The second-order valence-corrected chi connectivity index (χ2v) is 5.42. The second-order valence-electron chi connectivity index (χ2n) is 5.42. The first-order chi connectivity index (χ1) is 10.1. The zero-order valence-corrected chi connectivity index (χ0v) is 11.5. The Morgan fingerprint density at radius 3 is 1.41 bits per heavy atom. The second kappa shape index (κ2) is 5.72. The van der Waals surface area contributed by atoms with Gasteiger partial charge in [-0.05, 0) is 12.8 Å². The number of aliphatic hydroxyl groups is 6. The Labute approximate surface area is 124 Å². The monoisotopic (exact) mass is 322 g/mol. The highest BCUT2D eigenvalue weighted by Crippen LogP contribution is 2.41. The van der Waals surface area contributed by atoms with Crippen LogP contribution in [-0.2, 0) is 19.1 Å². The molecule has 1 saturated carbocycles. The number of hydrogen-bond acceptors (Lipinski definition) is 10. The van der Waals surface area contributed by atoms with E-state index in [1.165, 1.54) is 0 Å². The molecule has 0 aromatic carbocycles. The maximum Gasteiger partial charge on any atom is 0.308 e. The SMILES string of the molecule is O=C1CCCCC(=O)O[C@]2(O)[C@H](O)[C@H](O)[C@@H](O)[C@H](O)[C@]2(O)O1. The summed E-state index contributed by atoms with van der Waals surface area (Å²) in [6.45, 7) is 0. The number of esters is 2. The van der Waals surface area contributed by atoms with Crippen LogP contribution in [0.3, 0.4) is 0 Å². The predicted molar refractivity (Wildman–Crippen MR) is 64.6 cm³/mol. The van der Waals surface area contributed by atoms with Crippen LogP contribution >= 0.6 is 0 Å². The fraction of sp³-hybridized carbons (Fsp3) is 0.833. The van der Waals surface area contributed by atoms with Crippen LogP contribution in [0.5, 0.6) is 0 Å². The molecule has 10 nitrogen and oxygen atoms in total. The van der Waals surface area contributed by atoms with Gasteiger partial charge in [-0.1, -0.05) is 0 Å². The predicted octanol–water partition coefficient (Wildman–Crippen LogP) is -3.52. The Balaban J connectivity index is 2.49. The first kappa shape index (κ1) is 17.1. The quantitative estimate of drug-likeness (QED) is 0.245.